The van der Waals surface area contributed by atoms with Crippen molar-refractivity contribution in [2.24, 2.45) is 0 Å². The Labute approximate surface area is 221 Å². The van der Waals surface area contributed by atoms with Crippen LogP contribution in [-0.2, 0) is 11.3 Å². The van der Waals surface area contributed by atoms with Gasteiger partial charge in [0.1, 0.15) is 11.4 Å². The number of fused-ring (bicyclic) bond motifs is 1. The van der Waals surface area contributed by atoms with Gasteiger partial charge in [-0.15, -0.1) is 11.3 Å². The number of likely N-dealkylation sites (tertiary alicyclic amines) is 1. The van der Waals surface area contributed by atoms with Gasteiger partial charge >= 0.3 is 0 Å². The van der Waals surface area contributed by atoms with Crippen molar-refractivity contribution < 1.29 is 18.4 Å². The van der Waals surface area contributed by atoms with Crippen LogP contribution in [0.15, 0.2) is 35.4 Å². The summed E-state index contributed by atoms with van der Waals surface area (Å²) in [6.07, 6.45) is 1.22. The molecule has 0 spiro atoms. The number of piperazine rings is 1. The first-order valence-electron chi connectivity index (χ1n) is 12.1. The third kappa shape index (κ3) is 5.19. The Kier molecular flexibility index (Phi) is 6.93. The number of amides is 2. The van der Waals surface area contributed by atoms with Crippen molar-refractivity contribution >= 4 is 50.7 Å². The van der Waals surface area contributed by atoms with Crippen molar-refractivity contribution in [2.45, 2.75) is 32.2 Å². The summed E-state index contributed by atoms with van der Waals surface area (Å²) in [7, 11) is 0. The van der Waals surface area contributed by atoms with Crippen LogP contribution < -0.4 is 10.5 Å². The first-order chi connectivity index (χ1) is 17.6. The number of halogens is 3. The molecule has 8 nitrogen and oxygen atoms in total. The number of carbonyl (C=O) groups excluding carboxylic acids is 2. The van der Waals surface area contributed by atoms with Gasteiger partial charge in [-0.3, -0.25) is 19.0 Å². The quantitative estimate of drug-likeness (QED) is 0.496. The van der Waals surface area contributed by atoms with Crippen LogP contribution in [0.1, 0.15) is 28.1 Å². The lowest BCUT2D eigenvalue weighted by Gasteiger charge is -2.36. The Morgan fingerprint density at radius 3 is 2.59 bits per heavy atom. The van der Waals surface area contributed by atoms with Gasteiger partial charge in [-0.1, -0.05) is 17.7 Å². The minimum absolute atomic E-state index is 0.163. The van der Waals surface area contributed by atoms with E-state index < -0.39 is 23.9 Å². The summed E-state index contributed by atoms with van der Waals surface area (Å²) >= 11 is 7.26. The molecule has 0 aliphatic carbocycles. The van der Waals surface area contributed by atoms with Crippen molar-refractivity contribution in [2.75, 3.05) is 44.2 Å². The molecule has 2 aromatic heterocycles. The fourth-order valence-electron chi connectivity index (χ4n) is 4.88. The fraction of sp³-hybridized carbons (Fsp3) is 0.440. The number of nitrogens with zero attached hydrogens (tertiary/aromatic N) is 5. The second-order valence-corrected chi connectivity index (χ2v) is 10.9. The molecule has 1 aromatic carbocycles. The van der Waals surface area contributed by atoms with Gasteiger partial charge in [0.15, 0.2) is 0 Å². The molecular weight excluding hydrogens is 524 g/mol. The Morgan fingerprint density at radius 2 is 1.89 bits per heavy atom. The predicted octanol–water partition coefficient (Wildman–Crippen LogP) is 3.64. The predicted molar refractivity (Wildman–Crippen MR) is 139 cm³/mol. The Bertz CT molecular complexity index is 1420. The SMILES string of the molecule is Cc1c(C(=O)N2CCN(c3cccc(Cl)c3)CC2)sc2ncn(CC(=O)N3CCCC(F)(F)C3)c(=O)c12. The Morgan fingerprint density at radius 1 is 1.14 bits per heavy atom. The van der Waals surface area contributed by atoms with Gasteiger partial charge in [0.05, 0.1) is 23.1 Å². The standard InChI is InChI=1S/C25H26ClF2N5O3S/c1-16-20-22(29-15-33(23(20)35)13-19(34)32-7-3-6-25(27,28)14-32)37-21(16)24(36)31-10-8-30(9-11-31)18-5-2-4-17(26)12-18/h2,4-5,12,15H,3,6-11,13-14H2,1H3. The maximum Gasteiger partial charge on any atom is 0.265 e. The number of piperidine rings is 1. The van der Waals surface area contributed by atoms with E-state index in [4.69, 9.17) is 11.6 Å². The number of aromatic nitrogens is 2. The zero-order valence-corrected chi connectivity index (χ0v) is 21.8. The fourth-order valence-corrected chi connectivity index (χ4v) is 6.18. The van der Waals surface area contributed by atoms with Crippen molar-refractivity contribution in [3.05, 3.63) is 56.4 Å². The van der Waals surface area contributed by atoms with E-state index in [2.05, 4.69) is 9.88 Å². The molecule has 5 rings (SSSR count). The number of hydrogen-bond acceptors (Lipinski definition) is 6. The van der Waals surface area contributed by atoms with Crippen LogP contribution in [0.2, 0.25) is 5.02 Å². The van der Waals surface area contributed by atoms with Gasteiger partial charge in [0, 0.05) is 49.9 Å². The molecule has 0 atom stereocenters. The molecule has 37 heavy (non-hydrogen) atoms. The normalized spacial score (nSPS) is 17.9. The lowest BCUT2D eigenvalue weighted by Crippen LogP contribution is -2.48. The van der Waals surface area contributed by atoms with Crippen LogP contribution in [-0.4, -0.2) is 76.4 Å². The van der Waals surface area contributed by atoms with E-state index in [0.29, 0.717) is 46.5 Å². The molecule has 196 valence electrons. The third-order valence-electron chi connectivity index (χ3n) is 6.90. The van der Waals surface area contributed by atoms with Crippen LogP contribution in [0, 0.1) is 6.92 Å². The van der Waals surface area contributed by atoms with Gasteiger partial charge < -0.3 is 14.7 Å². The zero-order chi connectivity index (χ0) is 26.3. The highest BCUT2D eigenvalue weighted by Crippen LogP contribution is 2.30. The van der Waals surface area contributed by atoms with E-state index in [0.717, 1.165) is 26.5 Å². The summed E-state index contributed by atoms with van der Waals surface area (Å²) in [5.74, 6) is -3.63. The van der Waals surface area contributed by atoms with E-state index in [9.17, 15) is 23.2 Å². The van der Waals surface area contributed by atoms with E-state index >= 15 is 0 Å². The molecule has 0 radical (unpaired) electrons. The van der Waals surface area contributed by atoms with Crippen LogP contribution in [0.5, 0.6) is 0 Å². The van der Waals surface area contributed by atoms with E-state index in [1.165, 1.54) is 6.33 Å². The van der Waals surface area contributed by atoms with Gasteiger partial charge in [-0.2, -0.15) is 0 Å². The zero-order valence-electron chi connectivity index (χ0n) is 20.3. The van der Waals surface area contributed by atoms with Gasteiger partial charge in [-0.25, -0.2) is 13.8 Å². The lowest BCUT2D eigenvalue weighted by molar-refractivity contribution is -0.142. The summed E-state index contributed by atoms with van der Waals surface area (Å²) in [5, 5.41) is 0.941. The number of hydrogen-bond donors (Lipinski definition) is 0. The van der Waals surface area contributed by atoms with E-state index in [1.807, 2.05) is 24.3 Å². The molecule has 2 amide bonds. The summed E-state index contributed by atoms with van der Waals surface area (Å²) < 4.78 is 28.6. The number of alkyl halides is 2. The minimum atomic E-state index is -2.92. The topological polar surface area (TPSA) is 78.8 Å². The number of thiophene rings is 1. The van der Waals surface area contributed by atoms with Crippen LogP contribution >= 0.6 is 22.9 Å². The highest BCUT2D eigenvalue weighted by atomic mass is 35.5. The van der Waals surface area contributed by atoms with Crippen molar-refractivity contribution in [3.8, 4) is 0 Å². The number of rotatable bonds is 4. The van der Waals surface area contributed by atoms with Crippen molar-refractivity contribution in [3.63, 3.8) is 0 Å². The van der Waals surface area contributed by atoms with E-state index in [-0.39, 0.29) is 37.2 Å². The second-order valence-electron chi connectivity index (χ2n) is 9.45. The molecular formula is C25H26ClF2N5O3S. The van der Waals surface area contributed by atoms with Crippen molar-refractivity contribution in [1.82, 2.24) is 19.4 Å². The van der Waals surface area contributed by atoms with Gasteiger partial charge in [0.25, 0.3) is 17.4 Å². The number of benzene rings is 1. The third-order valence-corrected chi connectivity index (χ3v) is 8.33. The molecule has 0 saturated carbocycles. The summed E-state index contributed by atoms with van der Waals surface area (Å²) in [6.45, 7) is 3.27. The van der Waals surface area contributed by atoms with Crippen molar-refractivity contribution in [1.29, 1.82) is 0 Å². The van der Waals surface area contributed by atoms with Gasteiger partial charge in [-0.05, 0) is 37.1 Å². The number of carbonyl (C=O) groups is 2. The Balaban J connectivity index is 1.31. The molecule has 0 unspecified atom stereocenters. The molecule has 2 aliphatic rings. The molecule has 12 heteroatoms. The lowest BCUT2D eigenvalue weighted by atomic mass is 10.1. The maximum absolute atomic E-state index is 13.7. The molecule has 0 N–H and O–H groups in total. The number of anilines is 1. The van der Waals surface area contributed by atoms with E-state index in [1.54, 1.807) is 11.8 Å². The summed E-state index contributed by atoms with van der Waals surface area (Å²) in [5.41, 5.74) is 1.07. The molecule has 2 aliphatic heterocycles. The van der Waals surface area contributed by atoms with Crippen LogP contribution in [0.4, 0.5) is 14.5 Å². The molecule has 0 bridgehead atoms. The monoisotopic (exact) mass is 549 g/mol. The highest BCUT2D eigenvalue weighted by Gasteiger charge is 2.37. The summed E-state index contributed by atoms with van der Waals surface area (Å²) in [4.78, 5) is 49.4. The molecule has 4 heterocycles. The number of aryl methyl sites for hydroxylation is 1. The highest BCUT2D eigenvalue weighted by molar-refractivity contribution is 7.20. The van der Waals surface area contributed by atoms with Gasteiger partial charge in [0.2, 0.25) is 5.91 Å². The molecule has 2 saturated heterocycles. The van der Waals surface area contributed by atoms with Crippen LogP contribution in [0.25, 0.3) is 10.2 Å². The first kappa shape index (κ1) is 25.6. The molecule has 2 fully saturated rings. The smallest absolute Gasteiger partial charge is 0.265 e. The van der Waals surface area contributed by atoms with Crippen LogP contribution in [0.3, 0.4) is 0 Å². The second kappa shape index (κ2) is 10.0. The molecule has 3 aromatic rings. The average Bonchev–Trinajstić information content (AvgIpc) is 3.21. The minimum Gasteiger partial charge on any atom is -0.368 e. The first-order valence-corrected chi connectivity index (χ1v) is 13.3. The largest absolute Gasteiger partial charge is 0.368 e. The Hall–Kier alpha value is -3.05. The summed E-state index contributed by atoms with van der Waals surface area (Å²) in [6, 6.07) is 7.59. The average molecular weight is 550 g/mol. The maximum atomic E-state index is 13.7.